The Bertz CT molecular complexity index is 469. The second kappa shape index (κ2) is 6.19. The first kappa shape index (κ1) is 13.4. The van der Waals surface area contributed by atoms with Crippen molar-refractivity contribution in [2.75, 3.05) is 18.4 Å². The zero-order valence-corrected chi connectivity index (χ0v) is 10.6. The summed E-state index contributed by atoms with van der Waals surface area (Å²) in [6, 6.07) is 6.29. The molecule has 2 rings (SSSR count). The SMILES string of the molecule is NC(=O)Nc1cccc(C(=O)NC2CCNCC2)c1. The van der Waals surface area contributed by atoms with Crippen molar-refractivity contribution in [3.63, 3.8) is 0 Å². The molecular weight excluding hydrogens is 244 g/mol. The van der Waals surface area contributed by atoms with Gasteiger partial charge in [-0.15, -0.1) is 0 Å². The highest BCUT2D eigenvalue weighted by Gasteiger charge is 2.16. The molecule has 5 N–H and O–H groups in total. The first-order chi connectivity index (χ1) is 9.15. The van der Waals surface area contributed by atoms with Crippen molar-refractivity contribution in [1.29, 1.82) is 0 Å². The number of rotatable bonds is 3. The van der Waals surface area contributed by atoms with Crippen LogP contribution < -0.4 is 21.7 Å². The third kappa shape index (κ3) is 3.96. The molecule has 1 aliphatic rings. The molecule has 1 fully saturated rings. The highest BCUT2D eigenvalue weighted by atomic mass is 16.2. The molecule has 0 radical (unpaired) electrons. The predicted octanol–water partition coefficient (Wildman–Crippen LogP) is 0.659. The van der Waals surface area contributed by atoms with Crippen molar-refractivity contribution in [3.8, 4) is 0 Å². The number of urea groups is 1. The number of anilines is 1. The van der Waals surface area contributed by atoms with E-state index in [-0.39, 0.29) is 11.9 Å². The molecule has 1 aromatic rings. The molecule has 1 saturated heterocycles. The number of hydrogen-bond donors (Lipinski definition) is 4. The Morgan fingerprint density at radius 1 is 1.26 bits per heavy atom. The number of piperidine rings is 1. The summed E-state index contributed by atoms with van der Waals surface area (Å²) >= 11 is 0. The molecule has 19 heavy (non-hydrogen) atoms. The smallest absolute Gasteiger partial charge is 0.316 e. The van der Waals surface area contributed by atoms with Gasteiger partial charge in [0.05, 0.1) is 0 Å². The standard InChI is InChI=1S/C13H18N4O2/c14-13(19)17-11-3-1-2-9(8-11)12(18)16-10-4-6-15-7-5-10/h1-3,8,10,15H,4-7H2,(H,16,18)(H3,14,17,19). The summed E-state index contributed by atoms with van der Waals surface area (Å²) in [6.45, 7) is 1.85. The summed E-state index contributed by atoms with van der Waals surface area (Å²) < 4.78 is 0. The lowest BCUT2D eigenvalue weighted by atomic mass is 10.1. The molecule has 1 aliphatic heterocycles. The lowest BCUT2D eigenvalue weighted by Crippen LogP contribution is -2.42. The maximum atomic E-state index is 12.1. The van der Waals surface area contributed by atoms with Gasteiger partial charge in [0, 0.05) is 17.3 Å². The van der Waals surface area contributed by atoms with Crippen LogP contribution in [0.5, 0.6) is 0 Å². The topological polar surface area (TPSA) is 96.2 Å². The summed E-state index contributed by atoms with van der Waals surface area (Å²) in [5.74, 6) is -0.125. The zero-order chi connectivity index (χ0) is 13.7. The third-order valence-electron chi connectivity index (χ3n) is 3.07. The van der Waals surface area contributed by atoms with E-state index in [2.05, 4.69) is 16.0 Å². The van der Waals surface area contributed by atoms with Gasteiger partial charge in [0.25, 0.3) is 5.91 Å². The molecule has 0 saturated carbocycles. The molecule has 0 atom stereocenters. The molecule has 1 heterocycles. The van der Waals surface area contributed by atoms with E-state index in [0.29, 0.717) is 11.3 Å². The zero-order valence-electron chi connectivity index (χ0n) is 10.6. The van der Waals surface area contributed by atoms with Crippen LogP contribution in [0.1, 0.15) is 23.2 Å². The van der Waals surface area contributed by atoms with Crippen LogP contribution in [0.15, 0.2) is 24.3 Å². The molecule has 102 valence electrons. The molecule has 0 spiro atoms. The quantitative estimate of drug-likeness (QED) is 0.644. The second-order valence-corrected chi connectivity index (χ2v) is 4.57. The summed E-state index contributed by atoms with van der Waals surface area (Å²) in [5, 5.41) is 8.69. The fraction of sp³-hybridized carbons (Fsp3) is 0.385. The number of benzene rings is 1. The van der Waals surface area contributed by atoms with Gasteiger partial charge >= 0.3 is 6.03 Å². The van der Waals surface area contributed by atoms with Crippen LogP contribution in [0.2, 0.25) is 0 Å². The van der Waals surface area contributed by atoms with Gasteiger partial charge in [0.15, 0.2) is 0 Å². The Kier molecular flexibility index (Phi) is 4.35. The number of hydrogen-bond acceptors (Lipinski definition) is 3. The van der Waals surface area contributed by atoms with Crippen LogP contribution in [0.3, 0.4) is 0 Å². The summed E-state index contributed by atoms with van der Waals surface area (Å²) in [7, 11) is 0. The number of amides is 3. The van der Waals surface area contributed by atoms with Crippen LogP contribution in [0.25, 0.3) is 0 Å². The second-order valence-electron chi connectivity index (χ2n) is 4.57. The van der Waals surface area contributed by atoms with E-state index in [0.717, 1.165) is 25.9 Å². The summed E-state index contributed by atoms with van der Waals surface area (Å²) in [6.07, 6.45) is 1.87. The Hall–Kier alpha value is -2.08. The van der Waals surface area contributed by atoms with Crippen molar-refractivity contribution in [3.05, 3.63) is 29.8 Å². The molecular formula is C13H18N4O2. The minimum atomic E-state index is -0.643. The van der Waals surface area contributed by atoms with Gasteiger partial charge in [0.2, 0.25) is 0 Å². The van der Waals surface area contributed by atoms with Crippen molar-refractivity contribution >= 4 is 17.6 Å². The Labute approximate surface area is 111 Å². The number of nitrogens with one attached hydrogen (secondary N) is 3. The van der Waals surface area contributed by atoms with Crippen molar-refractivity contribution in [1.82, 2.24) is 10.6 Å². The average molecular weight is 262 g/mol. The van der Waals surface area contributed by atoms with Crippen LogP contribution in [0, 0.1) is 0 Å². The van der Waals surface area contributed by atoms with E-state index >= 15 is 0 Å². The van der Waals surface area contributed by atoms with E-state index in [1.165, 1.54) is 0 Å². The highest BCUT2D eigenvalue weighted by Crippen LogP contribution is 2.11. The first-order valence-electron chi connectivity index (χ1n) is 6.33. The van der Waals surface area contributed by atoms with Crippen LogP contribution in [0.4, 0.5) is 10.5 Å². The van der Waals surface area contributed by atoms with E-state index in [1.54, 1.807) is 24.3 Å². The molecule has 6 nitrogen and oxygen atoms in total. The molecule has 0 aromatic heterocycles. The molecule has 0 unspecified atom stereocenters. The Morgan fingerprint density at radius 2 is 2.00 bits per heavy atom. The van der Waals surface area contributed by atoms with Crippen LogP contribution >= 0.6 is 0 Å². The monoisotopic (exact) mass is 262 g/mol. The fourth-order valence-electron chi connectivity index (χ4n) is 2.12. The minimum Gasteiger partial charge on any atom is -0.351 e. The van der Waals surface area contributed by atoms with Crippen LogP contribution in [-0.4, -0.2) is 31.1 Å². The van der Waals surface area contributed by atoms with Crippen LogP contribution in [-0.2, 0) is 0 Å². The molecule has 0 aliphatic carbocycles. The fourth-order valence-corrected chi connectivity index (χ4v) is 2.12. The van der Waals surface area contributed by atoms with Gasteiger partial charge in [-0.3, -0.25) is 4.79 Å². The first-order valence-corrected chi connectivity index (χ1v) is 6.33. The Balaban J connectivity index is 1.99. The van der Waals surface area contributed by atoms with Gasteiger partial charge in [-0.25, -0.2) is 4.79 Å². The van der Waals surface area contributed by atoms with E-state index in [4.69, 9.17) is 5.73 Å². The lowest BCUT2D eigenvalue weighted by Gasteiger charge is -2.23. The third-order valence-corrected chi connectivity index (χ3v) is 3.07. The van der Waals surface area contributed by atoms with E-state index in [9.17, 15) is 9.59 Å². The van der Waals surface area contributed by atoms with Crippen molar-refractivity contribution < 1.29 is 9.59 Å². The minimum absolute atomic E-state index is 0.125. The predicted molar refractivity (Wildman–Crippen MR) is 73.0 cm³/mol. The van der Waals surface area contributed by atoms with E-state index in [1.807, 2.05) is 0 Å². The number of primary amides is 1. The highest BCUT2D eigenvalue weighted by molar-refractivity contribution is 5.96. The normalized spacial score (nSPS) is 15.8. The maximum absolute atomic E-state index is 12.1. The summed E-state index contributed by atoms with van der Waals surface area (Å²) in [4.78, 5) is 22.8. The number of nitrogens with two attached hydrogens (primary N) is 1. The molecule has 6 heteroatoms. The van der Waals surface area contributed by atoms with Gasteiger partial charge < -0.3 is 21.7 Å². The van der Waals surface area contributed by atoms with Gasteiger partial charge in [-0.2, -0.15) is 0 Å². The molecule has 3 amide bonds. The van der Waals surface area contributed by atoms with Gasteiger partial charge in [-0.05, 0) is 44.1 Å². The largest absolute Gasteiger partial charge is 0.351 e. The van der Waals surface area contributed by atoms with E-state index < -0.39 is 6.03 Å². The van der Waals surface area contributed by atoms with Crippen molar-refractivity contribution in [2.24, 2.45) is 5.73 Å². The number of carbonyl (C=O) groups is 2. The van der Waals surface area contributed by atoms with Gasteiger partial charge in [-0.1, -0.05) is 6.07 Å². The molecule has 0 bridgehead atoms. The lowest BCUT2D eigenvalue weighted by molar-refractivity contribution is 0.0929. The number of carbonyl (C=O) groups excluding carboxylic acids is 2. The Morgan fingerprint density at radius 3 is 2.68 bits per heavy atom. The maximum Gasteiger partial charge on any atom is 0.316 e. The summed E-state index contributed by atoms with van der Waals surface area (Å²) in [5.41, 5.74) is 6.08. The van der Waals surface area contributed by atoms with Gasteiger partial charge in [0.1, 0.15) is 0 Å². The molecule has 1 aromatic carbocycles. The average Bonchev–Trinajstić information content (AvgIpc) is 2.39. The van der Waals surface area contributed by atoms with Crippen molar-refractivity contribution in [2.45, 2.75) is 18.9 Å².